The quantitative estimate of drug-likeness (QED) is 0.753. The summed E-state index contributed by atoms with van der Waals surface area (Å²) in [5.74, 6) is 0.143. The molecule has 0 saturated carbocycles. The molecule has 0 radical (unpaired) electrons. The number of hydrogen-bond donors (Lipinski definition) is 1. The summed E-state index contributed by atoms with van der Waals surface area (Å²) in [4.78, 5) is 13.9. The molecule has 1 amide bonds. The van der Waals surface area contributed by atoms with Crippen LogP contribution >= 0.6 is 12.4 Å². The van der Waals surface area contributed by atoms with E-state index in [0.717, 1.165) is 25.9 Å². The molecule has 98 valence electrons. The van der Waals surface area contributed by atoms with E-state index in [1.54, 1.807) is 0 Å². The number of amides is 1. The molecule has 0 aromatic rings. The Bertz CT molecular complexity index is 189. The van der Waals surface area contributed by atoms with E-state index >= 15 is 0 Å². The fourth-order valence-electron chi connectivity index (χ4n) is 1.45. The van der Waals surface area contributed by atoms with Crippen molar-refractivity contribution in [3.8, 4) is 0 Å². The number of nitrogens with one attached hydrogen (secondary N) is 1. The highest BCUT2D eigenvalue weighted by atomic mass is 35.5. The highest BCUT2D eigenvalue weighted by molar-refractivity contribution is 5.85. The predicted octanol–water partition coefficient (Wildman–Crippen LogP) is 2.44. The Hall–Kier alpha value is -0.280. The molecule has 1 N–H and O–H groups in total. The fraction of sp³-hybridized carbons (Fsp3) is 0.917. The lowest BCUT2D eigenvalue weighted by Crippen LogP contribution is -2.48. The van der Waals surface area contributed by atoms with Gasteiger partial charge in [0.05, 0.1) is 6.54 Å². The lowest BCUT2D eigenvalue weighted by atomic mass is 9.95. The molecular formula is C12H27ClN2O. The summed E-state index contributed by atoms with van der Waals surface area (Å²) in [6.07, 6.45) is 1.96. The SMILES string of the molecule is CCN(CC)CC(=O)NC(C)(CC)CC.Cl. The molecule has 0 atom stereocenters. The van der Waals surface area contributed by atoms with E-state index in [1.807, 2.05) is 0 Å². The van der Waals surface area contributed by atoms with Crippen molar-refractivity contribution in [2.24, 2.45) is 0 Å². The van der Waals surface area contributed by atoms with Gasteiger partial charge in [-0.05, 0) is 32.9 Å². The minimum absolute atomic E-state index is 0. The van der Waals surface area contributed by atoms with Crippen molar-refractivity contribution in [3.63, 3.8) is 0 Å². The van der Waals surface area contributed by atoms with Crippen LogP contribution in [0.4, 0.5) is 0 Å². The Morgan fingerprint density at radius 2 is 1.56 bits per heavy atom. The number of nitrogens with zero attached hydrogens (tertiary/aromatic N) is 1. The third kappa shape index (κ3) is 6.33. The molecule has 3 nitrogen and oxygen atoms in total. The second-order valence-corrected chi connectivity index (χ2v) is 4.28. The lowest BCUT2D eigenvalue weighted by Gasteiger charge is -2.29. The van der Waals surface area contributed by atoms with E-state index in [2.05, 4.69) is 44.8 Å². The molecule has 0 aliphatic carbocycles. The third-order valence-corrected chi connectivity index (χ3v) is 3.26. The molecule has 0 aliphatic rings. The summed E-state index contributed by atoms with van der Waals surface area (Å²) >= 11 is 0. The number of hydrogen-bond acceptors (Lipinski definition) is 2. The molecule has 0 saturated heterocycles. The molecular weight excluding hydrogens is 224 g/mol. The van der Waals surface area contributed by atoms with Gasteiger partial charge in [0.2, 0.25) is 5.91 Å². The predicted molar refractivity (Wildman–Crippen MR) is 72.2 cm³/mol. The smallest absolute Gasteiger partial charge is 0.234 e. The molecule has 0 spiro atoms. The maximum absolute atomic E-state index is 11.8. The molecule has 0 aromatic carbocycles. The number of carbonyl (C=O) groups is 1. The minimum Gasteiger partial charge on any atom is -0.350 e. The minimum atomic E-state index is -0.0375. The Kier molecular flexibility index (Phi) is 9.98. The Balaban J connectivity index is 0. The maximum atomic E-state index is 11.8. The number of likely N-dealkylation sites (N-methyl/N-ethyl adjacent to an activating group) is 1. The van der Waals surface area contributed by atoms with Crippen LogP contribution in [-0.2, 0) is 4.79 Å². The van der Waals surface area contributed by atoms with Crippen molar-refractivity contribution in [1.82, 2.24) is 10.2 Å². The van der Waals surface area contributed by atoms with Crippen LogP contribution in [0, 0.1) is 0 Å². The molecule has 0 rings (SSSR count). The van der Waals surface area contributed by atoms with Crippen molar-refractivity contribution in [2.45, 2.75) is 53.0 Å². The first kappa shape index (κ1) is 18.1. The first-order valence-corrected chi connectivity index (χ1v) is 6.04. The van der Waals surface area contributed by atoms with Crippen molar-refractivity contribution in [3.05, 3.63) is 0 Å². The van der Waals surface area contributed by atoms with E-state index in [1.165, 1.54) is 0 Å². The average molecular weight is 251 g/mol. The largest absolute Gasteiger partial charge is 0.350 e. The molecule has 0 fully saturated rings. The van der Waals surface area contributed by atoms with E-state index in [-0.39, 0.29) is 23.9 Å². The molecule has 0 aliphatic heterocycles. The maximum Gasteiger partial charge on any atom is 0.234 e. The Morgan fingerprint density at radius 3 is 1.88 bits per heavy atom. The van der Waals surface area contributed by atoms with Crippen LogP contribution in [0.25, 0.3) is 0 Å². The first-order valence-electron chi connectivity index (χ1n) is 6.04. The summed E-state index contributed by atoms with van der Waals surface area (Å²) in [6.45, 7) is 12.9. The molecule has 0 bridgehead atoms. The van der Waals surface area contributed by atoms with Crippen molar-refractivity contribution < 1.29 is 4.79 Å². The third-order valence-electron chi connectivity index (χ3n) is 3.26. The zero-order chi connectivity index (χ0) is 11.9. The summed E-state index contributed by atoms with van der Waals surface area (Å²) in [5, 5.41) is 3.11. The van der Waals surface area contributed by atoms with Gasteiger partial charge in [0.25, 0.3) is 0 Å². The highest BCUT2D eigenvalue weighted by Crippen LogP contribution is 2.13. The topological polar surface area (TPSA) is 32.3 Å². The summed E-state index contributed by atoms with van der Waals surface area (Å²) in [6, 6.07) is 0. The second-order valence-electron chi connectivity index (χ2n) is 4.28. The van der Waals surface area contributed by atoms with Gasteiger partial charge in [-0.3, -0.25) is 9.69 Å². The summed E-state index contributed by atoms with van der Waals surface area (Å²) in [7, 11) is 0. The molecule has 0 unspecified atom stereocenters. The fourth-order valence-corrected chi connectivity index (χ4v) is 1.45. The zero-order valence-corrected chi connectivity index (χ0v) is 12.1. The summed E-state index contributed by atoms with van der Waals surface area (Å²) in [5.41, 5.74) is -0.0375. The van der Waals surface area contributed by atoms with Crippen molar-refractivity contribution in [2.75, 3.05) is 19.6 Å². The molecule has 16 heavy (non-hydrogen) atoms. The first-order chi connectivity index (χ1) is 7.01. The van der Waals surface area contributed by atoms with Crippen molar-refractivity contribution in [1.29, 1.82) is 0 Å². The van der Waals surface area contributed by atoms with Gasteiger partial charge in [-0.15, -0.1) is 12.4 Å². The van der Waals surface area contributed by atoms with Gasteiger partial charge in [0, 0.05) is 5.54 Å². The van der Waals surface area contributed by atoms with Crippen LogP contribution in [0.5, 0.6) is 0 Å². The summed E-state index contributed by atoms with van der Waals surface area (Å²) < 4.78 is 0. The molecule has 0 aromatic heterocycles. The Labute approximate surface area is 106 Å². The van der Waals surface area contributed by atoms with Gasteiger partial charge in [-0.2, -0.15) is 0 Å². The van der Waals surface area contributed by atoms with Gasteiger partial charge in [0.15, 0.2) is 0 Å². The van der Waals surface area contributed by atoms with E-state index in [0.29, 0.717) is 6.54 Å². The van der Waals surface area contributed by atoms with Crippen LogP contribution in [-0.4, -0.2) is 36.0 Å². The van der Waals surface area contributed by atoms with E-state index in [9.17, 15) is 4.79 Å². The van der Waals surface area contributed by atoms with Crippen LogP contribution in [0.1, 0.15) is 47.5 Å². The van der Waals surface area contributed by atoms with Gasteiger partial charge in [-0.1, -0.05) is 27.7 Å². The lowest BCUT2D eigenvalue weighted by molar-refractivity contribution is -0.124. The van der Waals surface area contributed by atoms with Gasteiger partial charge < -0.3 is 5.32 Å². The zero-order valence-electron chi connectivity index (χ0n) is 11.3. The molecule has 4 heteroatoms. The molecule has 0 heterocycles. The Morgan fingerprint density at radius 1 is 1.12 bits per heavy atom. The van der Waals surface area contributed by atoms with Gasteiger partial charge >= 0.3 is 0 Å². The van der Waals surface area contributed by atoms with Crippen LogP contribution < -0.4 is 5.32 Å². The van der Waals surface area contributed by atoms with Crippen LogP contribution in [0.3, 0.4) is 0 Å². The second kappa shape index (κ2) is 8.82. The average Bonchev–Trinajstić information content (AvgIpc) is 2.25. The number of halogens is 1. The van der Waals surface area contributed by atoms with Crippen molar-refractivity contribution >= 4 is 18.3 Å². The van der Waals surface area contributed by atoms with E-state index in [4.69, 9.17) is 0 Å². The number of rotatable bonds is 7. The van der Waals surface area contributed by atoms with Gasteiger partial charge in [-0.25, -0.2) is 0 Å². The van der Waals surface area contributed by atoms with Crippen LogP contribution in [0.2, 0.25) is 0 Å². The monoisotopic (exact) mass is 250 g/mol. The highest BCUT2D eigenvalue weighted by Gasteiger charge is 2.22. The number of carbonyl (C=O) groups excluding carboxylic acids is 1. The van der Waals surface area contributed by atoms with Crippen LogP contribution in [0.15, 0.2) is 0 Å². The van der Waals surface area contributed by atoms with E-state index < -0.39 is 0 Å². The standard InChI is InChI=1S/C12H26N2O.ClH/c1-6-12(5,7-2)13-11(15)10-14(8-3)9-4;/h6-10H2,1-5H3,(H,13,15);1H. The normalized spacial score (nSPS) is 11.1. The van der Waals surface area contributed by atoms with Gasteiger partial charge in [0.1, 0.15) is 0 Å².